The summed E-state index contributed by atoms with van der Waals surface area (Å²) < 4.78 is 62.7. The van der Waals surface area contributed by atoms with E-state index in [0.717, 1.165) is 10.9 Å². The second-order valence-corrected chi connectivity index (χ2v) is 8.11. The highest BCUT2D eigenvalue weighted by Gasteiger charge is 2.33. The minimum Gasteiger partial charge on any atom is -0.382 e. The molecule has 2 rings (SSSR count). The highest BCUT2D eigenvalue weighted by molar-refractivity contribution is 9.10. The second kappa shape index (κ2) is 6.18. The third-order valence-corrected chi connectivity index (χ3v) is 5.07. The van der Waals surface area contributed by atoms with Crippen LogP contribution in [0.2, 0.25) is 5.02 Å². The number of aromatic nitrogens is 2. The summed E-state index contributed by atoms with van der Waals surface area (Å²) in [6.07, 6.45) is -3.88. The van der Waals surface area contributed by atoms with Gasteiger partial charge in [0.25, 0.3) is 5.91 Å². The van der Waals surface area contributed by atoms with Crippen LogP contribution in [0, 0.1) is 0 Å². The summed E-state index contributed by atoms with van der Waals surface area (Å²) in [7, 11) is -4.00. The molecule has 2 aromatic rings. The van der Waals surface area contributed by atoms with Crippen molar-refractivity contribution in [3.05, 3.63) is 32.9 Å². The minimum atomic E-state index is -4.66. The summed E-state index contributed by atoms with van der Waals surface area (Å²) in [6.45, 7) is 0. The molecule has 1 amide bonds. The molecular weight excluding hydrogens is 453 g/mol. The lowest BCUT2D eigenvalue weighted by atomic mass is 10.2. The Kier molecular flexibility index (Phi) is 4.83. The van der Waals surface area contributed by atoms with Gasteiger partial charge in [0.05, 0.1) is 16.3 Å². The van der Waals surface area contributed by atoms with Crippen molar-refractivity contribution in [3.8, 4) is 5.69 Å². The largest absolute Gasteiger partial charge is 0.416 e. The predicted octanol–water partition coefficient (Wildman–Crippen LogP) is 2.39. The zero-order chi connectivity index (χ0) is 19.3. The number of anilines is 1. The van der Waals surface area contributed by atoms with E-state index in [-0.39, 0.29) is 10.2 Å². The maximum Gasteiger partial charge on any atom is 0.416 e. The third-order valence-electron chi connectivity index (χ3n) is 3.04. The Morgan fingerprint density at radius 1 is 1.36 bits per heavy atom. The average molecular weight is 462 g/mol. The Hall–Kier alpha value is -1.79. The smallest absolute Gasteiger partial charge is 0.382 e. The van der Waals surface area contributed by atoms with Gasteiger partial charge in [-0.3, -0.25) is 4.79 Å². The number of nitrogens with two attached hydrogens (primary N) is 2. The van der Waals surface area contributed by atoms with Crippen molar-refractivity contribution in [2.24, 2.45) is 5.73 Å². The number of carbonyl (C=O) groups is 1. The Morgan fingerprint density at radius 2 is 1.92 bits per heavy atom. The monoisotopic (exact) mass is 460 g/mol. The highest BCUT2D eigenvalue weighted by atomic mass is 79.9. The molecule has 0 radical (unpaired) electrons. The molecule has 1 aromatic carbocycles. The summed E-state index contributed by atoms with van der Waals surface area (Å²) in [5.74, 6) is -1.69. The van der Waals surface area contributed by atoms with E-state index in [1.807, 2.05) is 0 Å². The molecule has 1 aromatic heterocycles. The Bertz CT molecular complexity index is 965. The fourth-order valence-electron chi connectivity index (χ4n) is 2.05. The first-order valence-electron chi connectivity index (χ1n) is 6.20. The van der Waals surface area contributed by atoms with Gasteiger partial charge in [0, 0.05) is 10.7 Å². The summed E-state index contributed by atoms with van der Waals surface area (Å²) in [6, 6.07) is 1.33. The van der Waals surface area contributed by atoms with Crippen molar-refractivity contribution in [1.29, 1.82) is 0 Å². The van der Waals surface area contributed by atoms with Gasteiger partial charge >= 0.3 is 6.18 Å². The van der Waals surface area contributed by atoms with E-state index < -0.39 is 48.9 Å². The van der Waals surface area contributed by atoms with E-state index in [4.69, 9.17) is 23.1 Å². The lowest BCUT2D eigenvalue weighted by Crippen LogP contribution is -2.16. The van der Waals surface area contributed by atoms with Crippen LogP contribution in [0.5, 0.6) is 0 Å². The molecule has 1 heterocycles. The minimum absolute atomic E-state index is 0.169. The SMILES string of the molecule is CS(=O)(=O)c1c(C(N)=O)nn(-c2c(Cl)cc(C(F)(F)F)cc2Br)c1N. The molecule has 0 saturated carbocycles. The van der Waals surface area contributed by atoms with Crippen LogP contribution in [0.15, 0.2) is 21.5 Å². The van der Waals surface area contributed by atoms with Crippen molar-refractivity contribution < 1.29 is 26.4 Å². The molecule has 0 bridgehead atoms. The van der Waals surface area contributed by atoms with Crippen LogP contribution in [0.25, 0.3) is 5.69 Å². The molecule has 4 N–H and O–H groups in total. The molecule has 0 aliphatic heterocycles. The van der Waals surface area contributed by atoms with E-state index >= 15 is 0 Å². The fourth-order valence-corrected chi connectivity index (χ4v) is 4.05. The number of alkyl halides is 3. The number of carbonyl (C=O) groups excluding carboxylic acids is 1. The molecule has 7 nitrogen and oxygen atoms in total. The molecule has 0 unspecified atom stereocenters. The van der Waals surface area contributed by atoms with E-state index in [2.05, 4.69) is 21.0 Å². The molecule has 13 heteroatoms. The number of rotatable bonds is 3. The van der Waals surface area contributed by atoms with Gasteiger partial charge < -0.3 is 11.5 Å². The standard InChI is InChI=1S/C12H9BrClF3N4O3S/c1-25(23,24)9-7(11(19)22)20-21(10(9)18)8-5(13)2-4(3-6(8)14)12(15,16)17/h2-3H,18H2,1H3,(H2,19,22). The number of primary amides is 1. The number of nitrogen functional groups attached to an aromatic ring is 1. The third kappa shape index (κ3) is 3.60. The zero-order valence-corrected chi connectivity index (χ0v) is 15.4. The molecule has 25 heavy (non-hydrogen) atoms. The van der Waals surface area contributed by atoms with Crippen LogP contribution >= 0.6 is 27.5 Å². The molecule has 0 aliphatic rings. The maximum absolute atomic E-state index is 12.8. The van der Waals surface area contributed by atoms with Gasteiger partial charge in [-0.2, -0.15) is 18.3 Å². The first kappa shape index (κ1) is 19.5. The first-order valence-corrected chi connectivity index (χ1v) is 9.26. The highest BCUT2D eigenvalue weighted by Crippen LogP contribution is 2.39. The van der Waals surface area contributed by atoms with Gasteiger partial charge in [-0.15, -0.1) is 0 Å². The summed E-state index contributed by atoms with van der Waals surface area (Å²) in [4.78, 5) is 10.8. The zero-order valence-electron chi connectivity index (χ0n) is 12.2. The molecule has 136 valence electrons. The second-order valence-electron chi connectivity index (χ2n) is 4.90. The lowest BCUT2D eigenvalue weighted by molar-refractivity contribution is -0.137. The first-order chi connectivity index (χ1) is 11.2. The molecule has 0 atom stereocenters. The predicted molar refractivity (Wildman–Crippen MR) is 87.3 cm³/mol. The van der Waals surface area contributed by atoms with E-state index in [1.165, 1.54) is 0 Å². The van der Waals surface area contributed by atoms with Gasteiger partial charge in [0.2, 0.25) is 0 Å². The molecule has 0 fully saturated rings. The Labute approximate surface area is 152 Å². The summed E-state index contributed by atoms with van der Waals surface area (Å²) >= 11 is 8.81. The number of halogens is 5. The van der Waals surface area contributed by atoms with Crippen LogP contribution in [-0.4, -0.2) is 30.4 Å². The van der Waals surface area contributed by atoms with Gasteiger partial charge in [0.15, 0.2) is 15.5 Å². The number of hydrogen-bond donors (Lipinski definition) is 2. The van der Waals surface area contributed by atoms with Crippen molar-refractivity contribution in [2.75, 3.05) is 12.0 Å². The van der Waals surface area contributed by atoms with Crippen molar-refractivity contribution in [2.45, 2.75) is 11.1 Å². The summed E-state index contributed by atoms with van der Waals surface area (Å²) in [5.41, 5.74) is 8.96. The van der Waals surface area contributed by atoms with Gasteiger partial charge in [-0.25, -0.2) is 13.1 Å². The van der Waals surface area contributed by atoms with E-state index in [0.29, 0.717) is 12.1 Å². The lowest BCUT2D eigenvalue weighted by Gasteiger charge is -2.13. The van der Waals surface area contributed by atoms with E-state index in [1.54, 1.807) is 0 Å². The van der Waals surface area contributed by atoms with Crippen LogP contribution in [0.3, 0.4) is 0 Å². The van der Waals surface area contributed by atoms with Crippen LogP contribution in [0.4, 0.5) is 19.0 Å². The number of benzene rings is 1. The molecule has 0 spiro atoms. The van der Waals surface area contributed by atoms with Crippen LogP contribution in [-0.2, 0) is 16.0 Å². The molecular formula is C12H9BrClF3N4O3S. The molecule has 0 aliphatic carbocycles. The Balaban J connectivity index is 2.83. The number of amides is 1. The number of hydrogen-bond acceptors (Lipinski definition) is 5. The van der Waals surface area contributed by atoms with Gasteiger partial charge in [0.1, 0.15) is 10.7 Å². The van der Waals surface area contributed by atoms with Gasteiger partial charge in [-0.1, -0.05) is 11.6 Å². The summed E-state index contributed by atoms with van der Waals surface area (Å²) in [5, 5.41) is 3.28. The van der Waals surface area contributed by atoms with E-state index in [9.17, 15) is 26.4 Å². The maximum atomic E-state index is 12.8. The quantitative estimate of drug-likeness (QED) is 0.727. The van der Waals surface area contributed by atoms with Crippen molar-refractivity contribution in [1.82, 2.24) is 9.78 Å². The molecule has 0 saturated heterocycles. The van der Waals surface area contributed by atoms with Crippen molar-refractivity contribution >= 4 is 49.1 Å². The fraction of sp³-hybridized carbons (Fsp3) is 0.167. The topological polar surface area (TPSA) is 121 Å². The van der Waals surface area contributed by atoms with Crippen LogP contribution < -0.4 is 11.5 Å². The number of sulfone groups is 1. The normalized spacial score (nSPS) is 12.4. The van der Waals surface area contributed by atoms with Gasteiger partial charge in [-0.05, 0) is 28.1 Å². The van der Waals surface area contributed by atoms with Crippen molar-refractivity contribution in [3.63, 3.8) is 0 Å². The number of nitrogens with zero attached hydrogens (tertiary/aromatic N) is 2. The Morgan fingerprint density at radius 3 is 2.28 bits per heavy atom. The van der Waals surface area contributed by atoms with Crippen LogP contribution in [0.1, 0.15) is 16.1 Å². The average Bonchev–Trinajstić information content (AvgIpc) is 2.75.